The molecule has 0 atom stereocenters. The zero-order valence-electron chi connectivity index (χ0n) is 51.9. The fourth-order valence-electron chi connectivity index (χ4n) is 12.0. The van der Waals surface area contributed by atoms with Crippen LogP contribution in [-0.4, -0.2) is 143 Å². The van der Waals surface area contributed by atoms with Crippen molar-refractivity contribution in [3.63, 3.8) is 0 Å². The van der Waals surface area contributed by atoms with Crippen molar-refractivity contribution in [1.82, 2.24) is 0 Å². The summed E-state index contributed by atoms with van der Waals surface area (Å²) in [4.78, 5) is 0. The average molecular weight is 1240 g/mol. The minimum absolute atomic E-state index is 0. The van der Waals surface area contributed by atoms with E-state index in [9.17, 15) is 0 Å². The first-order valence-electron chi connectivity index (χ1n) is 29.8. The van der Waals surface area contributed by atoms with Gasteiger partial charge in [0, 0.05) is 41.5 Å². The molecule has 6 heterocycles. The molecule has 0 unspecified atom stereocenters. The number of rotatable bonds is 16. The maximum atomic E-state index is 5.41. The second-order valence-corrected chi connectivity index (χ2v) is 25.4. The average Bonchev–Trinajstić information content (AvgIpc) is 4.07. The van der Waals surface area contributed by atoms with Crippen molar-refractivity contribution in [1.29, 1.82) is 0 Å². The van der Waals surface area contributed by atoms with Gasteiger partial charge in [-0.3, -0.25) is 0 Å². The summed E-state index contributed by atoms with van der Waals surface area (Å²) in [7, 11) is 13.7. The number of hydrogen-bond donors (Lipinski definition) is 0. The number of morpholine rings is 1. The summed E-state index contributed by atoms with van der Waals surface area (Å²) in [5.74, 6) is 1.05. The van der Waals surface area contributed by atoms with Crippen LogP contribution in [0, 0.1) is 5.92 Å². The molecular weight excluding hydrogens is 1130 g/mol. The number of benzene rings is 5. The lowest BCUT2D eigenvalue weighted by molar-refractivity contribution is -0.955. The summed E-state index contributed by atoms with van der Waals surface area (Å²) in [6.07, 6.45) is 22.0. The number of piperidine rings is 4. The number of likely N-dealkylation sites (tertiary alicyclic amines) is 2. The Morgan fingerprint density at radius 2 is 0.639 bits per heavy atom. The van der Waals surface area contributed by atoms with Crippen LogP contribution in [0.5, 0.6) is 0 Å². The Kier molecular flexibility index (Phi) is 35.5. The molecule has 5 aromatic carbocycles. The van der Waals surface area contributed by atoms with Crippen molar-refractivity contribution >= 4 is 92.4 Å². The van der Waals surface area contributed by atoms with Gasteiger partial charge >= 0.3 is 0 Å². The van der Waals surface area contributed by atoms with E-state index >= 15 is 0 Å². The fourth-order valence-corrected chi connectivity index (χ4v) is 12.0. The van der Waals surface area contributed by atoms with Gasteiger partial charge in [0.15, 0.2) is 0 Å². The Morgan fingerprint density at radius 3 is 0.928 bits per heavy atom. The molecule has 6 fully saturated rings. The minimum Gasteiger partial charge on any atom is -0.370 e. The summed E-state index contributed by atoms with van der Waals surface area (Å²) in [5, 5.41) is 0. The summed E-state index contributed by atoms with van der Waals surface area (Å²) < 4.78 is 11.3. The van der Waals surface area contributed by atoms with E-state index in [0.717, 1.165) is 54.2 Å². The molecule has 0 aromatic heterocycles. The zero-order chi connectivity index (χ0) is 55.9. The smallest absolute Gasteiger partial charge is 0.104 e. The van der Waals surface area contributed by atoms with Gasteiger partial charge in [0.25, 0.3) is 0 Å². The first kappa shape index (κ1) is 77.0. The molecule has 6 aliphatic rings. The van der Waals surface area contributed by atoms with Crippen LogP contribution >= 0.6 is 62.0 Å². The maximum absolute atomic E-state index is 5.41. The third-order valence-electron chi connectivity index (χ3n) is 17.5. The van der Waals surface area contributed by atoms with Crippen molar-refractivity contribution < 1.29 is 27.2 Å². The van der Waals surface area contributed by atoms with Gasteiger partial charge < -0.3 is 27.2 Å². The SMILES string of the molecule is C=Cc1ccc(CC[N+](C)(C)C)cc1.C=Cc1ccc(C[N+]2(C)CCCC2)cc1.C=Cc1ccc(C[N+]2(C)CCCCC2)cc1.C=Cc1ccc(C[N+]2(C)CCOCC2)cc1.C=Cc1ccc(C[N+]23CCC(CC2)CC3)cc1.Cl.Cl.Cl.Cl.Cl. The summed E-state index contributed by atoms with van der Waals surface area (Å²) >= 11 is 0. The quantitative estimate of drug-likeness (QED) is 0.0895. The molecule has 6 nitrogen and oxygen atoms in total. The third-order valence-corrected chi connectivity index (χ3v) is 17.5. The van der Waals surface area contributed by atoms with Crippen molar-refractivity contribution in [2.24, 2.45) is 5.92 Å². The number of ether oxygens (including phenoxy) is 1. The molecule has 6 aliphatic heterocycles. The van der Waals surface area contributed by atoms with Gasteiger partial charge in [0.2, 0.25) is 0 Å². The number of halogens is 5. The fraction of sp³-hybridized carbons (Fsp3) is 0.444. The van der Waals surface area contributed by atoms with Gasteiger partial charge in [0.05, 0.1) is 108 Å². The van der Waals surface area contributed by atoms with Gasteiger partial charge in [-0.05, 0) is 77.8 Å². The third kappa shape index (κ3) is 27.1. The van der Waals surface area contributed by atoms with Crippen molar-refractivity contribution in [3.05, 3.63) is 210 Å². The second kappa shape index (κ2) is 38.2. The lowest BCUT2D eigenvalue weighted by atomic mass is 9.85. The van der Waals surface area contributed by atoms with Crippen LogP contribution < -0.4 is 0 Å². The molecule has 0 radical (unpaired) electrons. The Balaban J connectivity index is 0.000000512. The van der Waals surface area contributed by atoms with Crippen LogP contribution in [0.15, 0.2) is 154 Å². The zero-order valence-corrected chi connectivity index (χ0v) is 56.0. The Morgan fingerprint density at radius 1 is 0.373 bits per heavy atom. The Bertz CT molecular complexity index is 2500. The second-order valence-electron chi connectivity index (χ2n) is 25.4. The minimum atomic E-state index is 0. The van der Waals surface area contributed by atoms with E-state index in [2.05, 4.69) is 197 Å². The number of nitrogens with zero attached hydrogens (tertiary/aromatic N) is 5. The molecule has 0 amide bonds. The molecule has 0 aliphatic carbocycles. The lowest BCUT2D eigenvalue weighted by Gasteiger charge is -2.49. The van der Waals surface area contributed by atoms with Gasteiger partial charge in [-0.2, -0.15) is 0 Å². The highest BCUT2D eigenvalue weighted by molar-refractivity contribution is 5.86. The normalized spacial score (nSPS) is 19.2. The Hall–Kier alpha value is -3.99. The molecule has 0 N–H and O–H groups in total. The van der Waals surface area contributed by atoms with E-state index in [1.807, 2.05) is 30.4 Å². The monoisotopic (exact) mass is 1230 g/mol. The molecule has 458 valence electrons. The van der Waals surface area contributed by atoms with E-state index in [1.54, 1.807) is 0 Å². The van der Waals surface area contributed by atoms with Gasteiger partial charge in [-0.25, -0.2) is 0 Å². The number of likely N-dealkylation sites (N-methyl/N-ethyl adjacent to an activating group) is 2. The van der Waals surface area contributed by atoms with E-state index in [0.29, 0.717) is 0 Å². The maximum Gasteiger partial charge on any atom is 0.104 e. The molecule has 6 saturated heterocycles. The standard InChI is InChI=1S/C16H22N.C15H22N.C14H20NO.C14H20N.C13H20N.5ClH/c1-2-14-3-5-16(6-4-14)13-17-10-7-15(8-11-17)9-12-17;1-3-14-7-9-15(10-8-14)13-16(2)11-5-4-6-12-16;1-3-13-4-6-14(7-5-13)12-15(2)8-10-16-11-9-15;1-3-13-6-8-14(9-7-13)12-15(2)10-4-5-11-15;1-5-12-6-8-13(9-7-12)10-11-14(2,3)4;;;;;/h2-6,15H,1,7-13H2;3,7-10H,1,4-6,11-13H2,2H3;3-7H,1,8-12H2,2H3;3,6-9H,1,4-5,10-12H2,2H3;5-9H,1,10-11H2,2-4H3;5*1H/q5*+1;;;;;. The van der Waals surface area contributed by atoms with E-state index in [4.69, 9.17) is 4.74 Å². The summed E-state index contributed by atoms with van der Waals surface area (Å²) in [6.45, 7) is 38.3. The molecule has 0 spiro atoms. The van der Waals surface area contributed by atoms with E-state index < -0.39 is 0 Å². The highest BCUT2D eigenvalue weighted by Gasteiger charge is 2.39. The number of quaternary nitrogens is 5. The van der Waals surface area contributed by atoms with Crippen LogP contribution in [0.2, 0.25) is 0 Å². The predicted octanol–water partition coefficient (Wildman–Crippen LogP) is 17.0. The molecule has 83 heavy (non-hydrogen) atoms. The first-order valence-corrected chi connectivity index (χ1v) is 29.8. The lowest BCUT2D eigenvalue weighted by Crippen LogP contribution is -2.57. The van der Waals surface area contributed by atoms with E-state index in [-0.39, 0.29) is 62.0 Å². The highest BCUT2D eigenvalue weighted by atomic mass is 35.5. The molecule has 2 bridgehead atoms. The van der Waals surface area contributed by atoms with Crippen LogP contribution in [0.3, 0.4) is 0 Å². The predicted molar refractivity (Wildman–Crippen MR) is 374 cm³/mol. The van der Waals surface area contributed by atoms with Gasteiger partial charge in [-0.1, -0.05) is 185 Å². The van der Waals surface area contributed by atoms with Crippen LogP contribution in [-0.2, 0) is 37.3 Å². The number of fused-ring (bicyclic) bond motifs is 3. The molecule has 0 saturated carbocycles. The van der Waals surface area contributed by atoms with Gasteiger partial charge in [-0.15, -0.1) is 62.0 Å². The largest absolute Gasteiger partial charge is 0.370 e. The van der Waals surface area contributed by atoms with Crippen LogP contribution in [0.1, 0.15) is 107 Å². The summed E-state index contributed by atoms with van der Waals surface area (Å²) in [5.41, 5.74) is 13.2. The molecule has 11 heteroatoms. The molecule has 11 rings (SSSR count). The highest BCUT2D eigenvalue weighted by Crippen LogP contribution is 2.35. The Labute approximate surface area is 536 Å². The van der Waals surface area contributed by atoms with Crippen LogP contribution in [0.25, 0.3) is 30.4 Å². The first-order chi connectivity index (χ1) is 37.5. The van der Waals surface area contributed by atoms with Gasteiger partial charge in [0.1, 0.15) is 39.3 Å². The van der Waals surface area contributed by atoms with Crippen molar-refractivity contribution in [2.45, 2.75) is 84.0 Å². The molecule has 5 aromatic rings. The molecular formula is C72H109Cl5N5O+5. The van der Waals surface area contributed by atoms with Crippen molar-refractivity contribution in [3.8, 4) is 0 Å². The van der Waals surface area contributed by atoms with Crippen molar-refractivity contribution in [2.75, 3.05) is 121 Å². The number of hydrogen-bond acceptors (Lipinski definition) is 1. The van der Waals surface area contributed by atoms with E-state index in [1.165, 1.54) is 192 Å². The summed E-state index contributed by atoms with van der Waals surface area (Å²) in [6, 6.07) is 43.9. The topological polar surface area (TPSA) is 9.23 Å². The van der Waals surface area contributed by atoms with Crippen LogP contribution in [0.4, 0.5) is 0 Å².